The highest BCUT2D eigenvalue weighted by Crippen LogP contribution is 2.27. The molecule has 1 fully saturated rings. The molecule has 0 aliphatic carbocycles. The maximum Gasteiger partial charge on any atom is 0.415 e. The van der Waals surface area contributed by atoms with Gasteiger partial charge in [-0.2, -0.15) is 5.26 Å². The Bertz CT molecular complexity index is 481. The van der Waals surface area contributed by atoms with Gasteiger partial charge in [-0.3, -0.25) is 4.90 Å². The van der Waals surface area contributed by atoms with Gasteiger partial charge in [0.2, 0.25) is 6.10 Å². The largest absolute Gasteiger partial charge is 0.428 e. The van der Waals surface area contributed by atoms with Crippen LogP contribution >= 0.6 is 15.9 Å². The lowest BCUT2D eigenvalue weighted by atomic mass is 10.2. The van der Waals surface area contributed by atoms with Gasteiger partial charge < -0.3 is 4.74 Å². The molecule has 82 valence electrons. The van der Waals surface area contributed by atoms with E-state index in [1.165, 1.54) is 4.90 Å². The van der Waals surface area contributed by atoms with Crippen LogP contribution in [0.3, 0.4) is 0 Å². The van der Waals surface area contributed by atoms with E-state index in [1.54, 1.807) is 0 Å². The van der Waals surface area contributed by atoms with Crippen molar-refractivity contribution in [3.05, 3.63) is 28.2 Å². The van der Waals surface area contributed by atoms with Gasteiger partial charge in [0.05, 0.1) is 12.2 Å². The van der Waals surface area contributed by atoms with Crippen molar-refractivity contribution >= 4 is 27.7 Å². The van der Waals surface area contributed by atoms with E-state index >= 15 is 0 Å². The number of hydrogen-bond acceptors (Lipinski definition) is 3. The Morgan fingerprint density at radius 3 is 2.94 bits per heavy atom. The van der Waals surface area contributed by atoms with Crippen LogP contribution in [0.5, 0.6) is 0 Å². The fraction of sp³-hybridized carbons (Fsp3) is 0.273. The minimum Gasteiger partial charge on any atom is -0.428 e. The van der Waals surface area contributed by atoms with Crippen LogP contribution in [0.4, 0.5) is 10.5 Å². The molecule has 0 saturated carbocycles. The van der Waals surface area contributed by atoms with Gasteiger partial charge in [0.15, 0.2) is 0 Å². The lowest BCUT2D eigenvalue weighted by Crippen LogP contribution is -2.24. The number of rotatable bonds is 1. The van der Waals surface area contributed by atoms with Crippen LogP contribution in [-0.2, 0) is 4.74 Å². The van der Waals surface area contributed by atoms with E-state index < -0.39 is 12.2 Å². The predicted molar refractivity (Wildman–Crippen MR) is 62.1 cm³/mol. The van der Waals surface area contributed by atoms with Crippen LogP contribution in [-0.4, -0.2) is 18.7 Å². The van der Waals surface area contributed by atoms with Crippen molar-refractivity contribution in [1.29, 1.82) is 5.26 Å². The van der Waals surface area contributed by atoms with E-state index in [0.717, 1.165) is 15.7 Å². The summed E-state index contributed by atoms with van der Waals surface area (Å²) in [6.07, 6.45) is -1.13. The molecule has 1 aliphatic heterocycles. The Balaban J connectivity index is 2.32. The number of nitrogens with zero attached hydrogens (tertiary/aromatic N) is 2. The summed E-state index contributed by atoms with van der Waals surface area (Å²) < 4.78 is 5.83. The zero-order valence-electron chi connectivity index (χ0n) is 8.61. The SMILES string of the molecule is Cc1cc(Br)ccc1N1CC(C#N)OC1=O. The molecular weight excluding hydrogens is 272 g/mol. The number of benzene rings is 1. The zero-order valence-corrected chi connectivity index (χ0v) is 10.2. The number of halogens is 1. The van der Waals surface area contributed by atoms with Crippen LogP contribution < -0.4 is 4.90 Å². The quantitative estimate of drug-likeness (QED) is 0.795. The van der Waals surface area contributed by atoms with Gasteiger partial charge >= 0.3 is 6.09 Å². The smallest absolute Gasteiger partial charge is 0.415 e. The summed E-state index contributed by atoms with van der Waals surface area (Å²) in [5, 5.41) is 8.70. The molecule has 1 unspecified atom stereocenters. The average molecular weight is 281 g/mol. The first-order valence-corrected chi connectivity index (χ1v) is 5.55. The number of nitriles is 1. The molecule has 0 aromatic heterocycles. The van der Waals surface area contributed by atoms with E-state index in [1.807, 2.05) is 31.2 Å². The van der Waals surface area contributed by atoms with Gasteiger partial charge in [-0.25, -0.2) is 4.79 Å². The Morgan fingerprint density at radius 1 is 1.62 bits per heavy atom. The second-order valence-electron chi connectivity index (χ2n) is 3.54. The number of anilines is 1. The summed E-state index contributed by atoms with van der Waals surface area (Å²) in [6, 6.07) is 7.54. The fourth-order valence-electron chi connectivity index (χ4n) is 1.65. The molecule has 1 aromatic carbocycles. The summed E-state index contributed by atoms with van der Waals surface area (Å²) >= 11 is 3.36. The maximum atomic E-state index is 11.5. The molecule has 4 nitrogen and oxygen atoms in total. The van der Waals surface area contributed by atoms with Crippen molar-refractivity contribution in [3.63, 3.8) is 0 Å². The molecule has 1 heterocycles. The third kappa shape index (κ3) is 1.89. The van der Waals surface area contributed by atoms with Crippen LogP contribution in [0.15, 0.2) is 22.7 Å². The van der Waals surface area contributed by atoms with Crippen molar-refractivity contribution in [2.45, 2.75) is 13.0 Å². The second-order valence-corrected chi connectivity index (χ2v) is 4.46. The Morgan fingerprint density at radius 2 is 2.38 bits per heavy atom. The molecule has 1 aromatic rings. The number of cyclic esters (lactones) is 1. The summed E-state index contributed by atoms with van der Waals surface area (Å²) in [4.78, 5) is 13.0. The van der Waals surface area contributed by atoms with Gasteiger partial charge in [-0.1, -0.05) is 15.9 Å². The lowest BCUT2D eigenvalue weighted by molar-refractivity contribution is 0.162. The maximum absolute atomic E-state index is 11.5. The van der Waals surface area contributed by atoms with Crippen molar-refractivity contribution in [3.8, 4) is 6.07 Å². The first-order valence-electron chi connectivity index (χ1n) is 4.75. The third-order valence-corrected chi connectivity index (χ3v) is 2.90. The highest BCUT2D eigenvalue weighted by atomic mass is 79.9. The highest BCUT2D eigenvalue weighted by molar-refractivity contribution is 9.10. The van der Waals surface area contributed by atoms with Gasteiger partial charge in [0, 0.05) is 4.47 Å². The Kier molecular flexibility index (Phi) is 2.84. The summed E-state index contributed by atoms with van der Waals surface area (Å²) in [7, 11) is 0. The van der Waals surface area contributed by atoms with E-state index in [4.69, 9.17) is 10.00 Å². The Labute approximate surface area is 102 Å². The van der Waals surface area contributed by atoms with Crippen LogP contribution in [0, 0.1) is 18.3 Å². The molecule has 0 spiro atoms. The standard InChI is InChI=1S/C11H9BrN2O2/c1-7-4-8(12)2-3-10(7)14-6-9(5-13)16-11(14)15/h2-4,9H,6H2,1H3. The molecule has 2 rings (SSSR count). The molecule has 16 heavy (non-hydrogen) atoms. The van der Waals surface area contributed by atoms with Crippen molar-refractivity contribution < 1.29 is 9.53 Å². The fourth-order valence-corrected chi connectivity index (χ4v) is 2.12. The third-order valence-electron chi connectivity index (χ3n) is 2.41. The van der Waals surface area contributed by atoms with E-state index in [2.05, 4.69) is 15.9 Å². The summed E-state index contributed by atoms with van der Waals surface area (Å²) in [6.45, 7) is 2.20. The normalized spacial score (nSPS) is 19.4. The van der Waals surface area contributed by atoms with Crippen LogP contribution in [0.2, 0.25) is 0 Å². The molecule has 1 aliphatic rings. The number of hydrogen-bond donors (Lipinski definition) is 0. The van der Waals surface area contributed by atoms with Crippen LogP contribution in [0.1, 0.15) is 5.56 Å². The molecule has 1 saturated heterocycles. The van der Waals surface area contributed by atoms with Gasteiger partial charge in [0.1, 0.15) is 6.07 Å². The zero-order chi connectivity index (χ0) is 11.7. The van der Waals surface area contributed by atoms with E-state index in [0.29, 0.717) is 0 Å². The topological polar surface area (TPSA) is 53.3 Å². The lowest BCUT2D eigenvalue weighted by Gasteiger charge is -2.15. The van der Waals surface area contributed by atoms with Crippen molar-refractivity contribution in [1.82, 2.24) is 0 Å². The van der Waals surface area contributed by atoms with Crippen molar-refractivity contribution in [2.24, 2.45) is 0 Å². The average Bonchev–Trinajstić information content (AvgIpc) is 2.60. The number of carbonyl (C=O) groups excluding carboxylic acids is 1. The number of ether oxygens (including phenoxy) is 1. The van der Waals surface area contributed by atoms with Gasteiger partial charge in [0.25, 0.3) is 0 Å². The van der Waals surface area contributed by atoms with Crippen LogP contribution in [0.25, 0.3) is 0 Å². The Hall–Kier alpha value is -1.54. The van der Waals surface area contributed by atoms with Gasteiger partial charge in [-0.05, 0) is 30.7 Å². The van der Waals surface area contributed by atoms with Crippen molar-refractivity contribution in [2.75, 3.05) is 11.4 Å². The highest BCUT2D eigenvalue weighted by Gasteiger charge is 2.32. The summed E-state index contributed by atoms with van der Waals surface area (Å²) in [5.41, 5.74) is 1.75. The molecule has 0 radical (unpaired) electrons. The van der Waals surface area contributed by atoms with E-state index in [-0.39, 0.29) is 6.54 Å². The minimum atomic E-state index is -0.671. The molecule has 0 bridgehead atoms. The predicted octanol–water partition coefficient (Wildman–Crippen LogP) is 2.61. The molecule has 1 amide bonds. The van der Waals surface area contributed by atoms with Gasteiger partial charge in [-0.15, -0.1) is 0 Å². The number of carbonyl (C=O) groups is 1. The minimum absolute atomic E-state index is 0.289. The first-order chi connectivity index (χ1) is 7.61. The monoisotopic (exact) mass is 280 g/mol. The molecule has 5 heteroatoms. The number of aryl methyl sites for hydroxylation is 1. The number of amides is 1. The second kappa shape index (κ2) is 4.14. The summed E-state index contributed by atoms with van der Waals surface area (Å²) in [5.74, 6) is 0. The first kappa shape index (κ1) is 11.0. The molecular formula is C11H9BrN2O2. The molecule has 0 N–H and O–H groups in total. The molecule has 1 atom stereocenters. The van der Waals surface area contributed by atoms with E-state index in [9.17, 15) is 4.79 Å².